The molecule has 0 bridgehead atoms. The van der Waals surface area contributed by atoms with Crippen molar-refractivity contribution in [2.45, 2.75) is 26.4 Å². The van der Waals surface area contributed by atoms with Gasteiger partial charge in [0.25, 0.3) is 0 Å². The molecule has 0 atom stereocenters. The maximum atomic E-state index is 12.1. The van der Waals surface area contributed by atoms with E-state index < -0.39 is 17.7 Å². The van der Waals surface area contributed by atoms with Gasteiger partial charge in [0.1, 0.15) is 11.3 Å². The second-order valence-electron chi connectivity index (χ2n) is 5.08. The lowest BCUT2D eigenvalue weighted by Gasteiger charge is -2.20. The van der Waals surface area contributed by atoms with Gasteiger partial charge in [-0.3, -0.25) is 4.98 Å². The minimum absolute atomic E-state index is 0.141. The average molecular weight is 262 g/mol. The standard InChI is InChI=1S/C13H14N2O4/c1-13(2,3)19-12(18)15-9(11(16)17)6-8-4-5-14-7-10(8)15/h4-7H,1-3H3,(H,16,17). The first-order valence-electron chi connectivity index (χ1n) is 5.72. The number of carboxylic acid groups (broad SMARTS) is 1. The van der Waals surface area contributed by atoms with Crippen molar-refractivity contribution in [3.05, 3.63) is 30.2 Å². The van der Waals surface area contributed by atoms with Gasteiger partial charge in [0.05, 0.1) is 11.7 Å². The van der Waals surface area contributed by atoms with Crippen molar-refractivity contribution in [2.75, 3.05) is 0 Å². The zero-order valence-electron chi connectivity index (χ0n) is 10.9. The molecule has 0 aromatic carbocycles. The molecule has 2 rings (SSSR count). The largest absolute Gasteiger partial charge is 0.477 e. The summed E-state index contributed by atoms with van der Waals surface area (Å²) in [4.78, 5) is 27.2. The molecular formula is C13H14N2O4. The SMILES string of the molecule is CC(C)(C)OC(=O)n1c(C(=O)O)cc2ccncc21. The summed E-state index contributed by atoms with van der Waals surface area (Å²) in [6, 6.07) is 3.06. The number of hydrogen-bond donors (Lipinski definition) is 1. The Kier molecular flexibility index (Phi) is 3.01. The summed E-state index contributed by atoms with van der Waals surface area (Å²) in [5, 5.41) is 9.79. The first kappa shape index (κ1) is 13.1. The monoisotopic (exact) mass is 262 g/mol. The molecule has 0 saturated heterocycles. The number of carbonyl (C=O) groups is 2. The van der Waals surface area contributed by atoms with Gasteiger partial charge in [-0.2, -0.15) is 0 Å². The highest BCUT2D eigenvalue weighted by Gasteiger charge is 2.24. The molecule has 2 aromatic rings. The van der Waals surface area contributed by atoms with Gasteiger partial charge in [-0.25, -0.2) is 14.2 Å². The summed E-state index contributed by atoms with van der Waals surface area (Å²) in [7, 11) is 0. The average Bonchev–Trinajstić information content (AvgIpc) is 2.65. The van der Waals surface area contributed by atoms with Crippen molar-refractivity contribution < 1.29 is 19.4 Å². The molecule has 0 aliphatic carbocycles. The normalized spacial score (nSPS) is 11.5. The van der Waals surface area contributed by atoms with Gasteiger partial charge < -0.3 is 9.84 Å². The molecule has 0 aliphatic heterocycles. The summed E-state index contributed by atoms with van der Waals surface area (Å²) in [5.74, 6) is -1.19. The zero-order valence-corrected chi connectivity index (χ0v) is 10.9. The minimum Gasteiger partial charge on any atom is -0.477 e. The lowest BCUT2D eigenvalue weighted by Crippen LogP contribution is -2.28. The topological polar surface area (TPSA) is 81.4 Å². The second-order valence-corrected chi connectivity index (χ2v) is 5.08. The van der Waals surface area contributed by atoms with E-state index in [-0.39, 0.29) is 5.69 Å². The van der Waals surface area contributed by atoms with Crippen molar-refractivity contribution in [1.82, 2.24) is 9.55 Å². The van der Waals surface area contributed by atoms with Crippen LogP contribution in [0.3, 0.4) is 0 Å². The molecule has 6 heteroatoms. The van der Waals surface area contributed by atoms with Crippen LogP contribution >= 0.6 is 0 Å². The lowest BCUT2D eigenvalue weighted by atomic mass is 10.2. The highest BCUT2D eigenvalue weighted by atomic mass is 16.6. The Bertz CT molecular complexity index is 652. The number of aromatic nitrogens is 2. The molecule has 0 saturated carbocycles. The van der Waals surface area contributed by atoms with Crippen LogP contribution in [-0.4, -0.2) is 32.3 Å². The first-order chi connectivity index (χ1) is 8.79. The number of carbonyl (C=O) groups excluding carboxylic acids is 1. The lowest BCUT2D eigenvalue weighted by molar-refractivity contribution is 0.0513. The number of hydrogen-bond acceptors (Lipinski definition) is 4. The van der Waals surface area contributed by atoms with E-state index in [9.17, 15) is 9.59 Å². The van der Waals surface area contributed by atoms with Crippen molar-refractivity contribution in [3.63, 3.8) is 0 Å². The van der Waals surface area contributed by atoms with Crippen molar-refractivity contribution in [3.8, 4) is 0 Å². The first-order valence-corrected chi connectivity index (χ1v) is 5.72. The van der Waals surface area contributed by atoms with E-state index in [1.165, 1.54) is 18.5 Å². The Hall–Kier alpha value is -2.37. The van der Waals surface area contributed by atoms with Gasteiger partial charge in [0, 0.05) is 11.6 Å². The molecule has 0 spiro atoms. The van der Waals surface area contributed by atoms with Crippen LogP contribution in [0.4, 0.5) is 4.79 Å². The van der Waals surface area contributed by atoms with Gasteiger partial charge in [-0.15, -0.1) is 0 Å². The fourth-order valence-electron chi connectivity index (χ4n) is 1.71. The van der Waals surface area contributed by atoms with Crippen LogP contribution in [0.1, 0.15) is 31.3 Å². The predicted octanol–water partition coefficient (Wildman–Crippen LogP) is 2.52. The van der Waals surface area contributed by atoms with Crippen LogP contribution < -0.4 is 0 Å². The van der Waals surface area contributed by atoms with Crippen molar-refractivity contribution >= 4 is 23.0 Å². The highest BCUT2D eigenvalue weighted by molar-refractivity contribution is 6.00. The maximum Gasteiger partial charge on any atom is 0.419 e. The Morgan fingerprint density at radius 1 is 1.37 bits per heavy atom. The highest BCUT2D eigenvalue weighted by Crippen LogP contribution is 2.21. The van der Waals surface area contributed by atoms with Crippen molar-refractivity contribution in [1.29, 1.82) is 0 Å². The van der Waals surface area contributed by atoms with E-state index in [4.69, 9.17) is 9.84 Å². The number of nitrogens with zero attached hydrogens (tertiary/aromatic N) is 2. The number of fused-ring (bicyclic) bond motifs is 1. The Balaban J connectivity index is 2.60. The number of carboxylic acids is 1. The molecule has 100 valence electrons. The Morgan fingerprint density at radius 2 is 2.05 bits per heavy atom. The van der Waals surface area contributed by atoms with Gasteiger partial charge >= 0.3 is 12.1 Å². The third-order valence-electron chi connectivity index (χ3n) is 2.40. The summed E-state index contributed by atoms with van der Waals surface area (Å²) >= 11 is 0. The minimum atomic E-state index is -1.19. The Morgan fingerprint density at radius 3 is 2.63 bits per heavy atom. The number of ether oxygens (including phenoxy) is 1. The van der Waals surface area contributed by atoms with Gasteiger partial charge in [0.15, 0.2) is 0 Å². The van der Waals surface area contributed by atoms with E-state index in [0.29, 0.717) is 10.9 Å². The molecule has 2 heterocycles. The fraction of sp³-hybridized carbons (Fsp3) is 0.308. The molecule has 0 amide bonds. The van der Waals surface area contributed by atoms with E-state index in [0.717, 1.165) is 4.57 Å². The summed E-state index contributed by atoms with van der Waals surface area (Å²) in [6.07, 6.45) is 2.24. The third-order valence-corrected chi connectivity index (χ3v) is 2.40. The molecule has 0 aliphatic rings. The molecule has 6 nitrogen and oxygen atoms in total. The summed E-state index contributed by atoms with van der Waals surface area (Å²) in [5.41, 5.74) is -0.433. The molecule has 1 N–H and O–H groups in total. The number of pyridine rings is 1. The van der Waals surface area contributed by atoms with Gasteiger partial charge in [-0.1, -0.05) is 0 Å². The fourth-order valence-corrected chi connectivity index (χ4v) is 1.71. The van der Waals surface area contributed by atoms with E-state index >= 15 is 0 Å². The van der Waals surface area contributed by atoms with Crippen molar-refractivity contribution in [2.24, 2.45) is 0 Å². The van der Waals surface area contributed by atoms with Crippen LogP contribution in [0.25, 0.3) is 10.9 Å². The van der Waals surface area contributed by atoms with Crippen LogP contribution in [0.15, 0.2) is 24.5 Å². The van der Waals surface area contributed by atoms with Gasteiger partial charge in [-0.05, 0) is 32.9 Å². The second kappa shape index (κ2) is 4.38. The van der Waals surface area contributed by atoms with E-state index in [2.05, 4.69) is 4.98 Å². The molecule has 0 unspecified atom stereocenters. The van der Waals surface area contributed by atoms with Crippen LogP contribution in [0, 0.1) is 0 Å². The van der Waals surface area contributed by atoms with Crippen LogP contribution in [0.2, 0.25) is 0 Å². The Labute approximate surface area is 109 Å². The maximum absolute atomic E-state index is 12.1. The van der Waals surface area contributed by atoms with Gasteiger partial charge in [0.2, 0.25) is 0 Å². The van der Waals surface area contributed by atoms with E-state index in [1.54, 1.807) is 26.8 Å². The van der Waals surface area contributed by atoms with E-state index in [1.807, 2.05) is 0 Å². The third kappa shape index (κ3) is 2.57. The zero-order chi connectivity index (χ0) is 14.2. The molecular weight excluding hydrogens is 248 g/mol. The molecule has 0 radical (unpaired) electrons. The number of rotatable bonds is 1. The van der Waals surface area contributed by atoms with Crippen LogP contribution in [0.5, 0.6) is 0 Å². The van der Waals surface area contributed by atoms with Crippen LogP contribution in [-0.2, 0) is 4.74 Å². The molecule has 0 fully saturated rings. The molecule has 19 heavy (non-hydrogen) atoms. The molecule has 2 aromatic heterocycles. The summed E-state index contributed by atoms with van der Waals surface area (Å²) in [6.45, 7) is 5.15. The smallest absolute Gasteiger partial charge is 0.419 e. The predicted molar refractivity (Wildman–Crippen MR) is 68.3 cm³/mol. The number of aromatic carboxylic acids is 1. The summed E-state index contributed by atoms with van der Waals surface area (Å²) < 4.78 is 6.24. The quantitative estimate of drug-likeness (QED) is 0.853.